The Labute approximate surface area is 125 Å². The van der Waals surface area contributed by atoms with Gasteiger partial charge in [-0.05, 0) is 44.9 Å². The van der Waals surface area contributed by atoms with Gasteiger partial charge in [0.15, 0.2) is 5.82 Å². The van der Waals surface area contributed by atoms with Gasteiger partial charge in [-0.15, -0.1) is 0 Å². The van der Waals surface area contributed by atoms with Crippen molar-refractivity contribution in [1.82, 2.24) is 25.1 Å². The van der Waals surface area contributed by atoms with Crippen LogP contribution in [0.1, 0.15) is 32.6 Å². The maximum absolute atomic E-state index is 4.40. The molecule has 2 atom stereocenters. The molecule has 3 heterocycles. The molecular weight excluding hydrogens is 264 g/mol. The minimum Gasteiger partial charge on any atom is -0.381 e. The van der Waals surface area contributed by atoms with E-state index < -0.39 is 0 Å². The fourth-order valence-corrected chi connectivity index (χ4v) is 2.83. The van der Waals surface area contributed by atoms with E-state index in [2.05, 4.69) is 32.6 Å². The van der Waals surface area contributed by atoms with Gasteiger partial charge in [-0.1, -0.05) is 6.42 Å². The van der Waals surface area contributed by atoms with Gasteiger partial charge in [0.05, 0.1) is 11.9 Å². The fraction of sp³-hybridized carbons (Fsp3) is 0.533. The summed E-state index contributed by atoms with van der Waals surface area (Å²) in [7, 11) is 0. The molecule has 0 aromatic carbocycles. The van der Waals surface area contributed by atoms with Gasteiger partial charge in [-0.25, -0.2) is 14.6 Å². The fourth-order valence-electron chi connectivity index (χ4n) is 2.83. The molecule has 1 fully saturated rings. The highest BCUT2D eigenvalue weighted by atomic mass is 15.3. The van der Waals surface area contributed by atoms with E-state index >= 15 is 0 Å². The highest BCUT2D eigenvalue weighted by Gasteiger charge is 2.15. The summed E-state index contributed by atoms with van der Waals surface area (Å²) in [6.07, 6.45) is 10.1. The first-order chi connectivity index (χ1) is 10.3. The third-order valence-electron chi connectivity index (χ3n) is 3.86. The molecule has 0 radical (unpaired) electrons. The zero-order valence-corrected chi connectivity index (χ0v) is 12.4. The third kappa shape index (κ3) is 3.78. The zero-order chi connectivity index (χ0) is 14.5. The van der Waals surface area contributed by atoms with E-state index in [4.69, 9.17) is 0 Å². The number of hydrogen-bond acceptors (Lipinski definition) is 5. The van der Waals surface area contributed by atoms with E-state index in [0.717, 1.165) is 24.5 Å². The van der Waals surface area contributed by atoms with Gasteiger partial charge in [-0.3, -0.25) is 0 Å². The van der Waals surface area contributed by atoms with Crippen molar-refractivity contribution >= 4 is 5.69 Å². The molecule has 2 unspecified atom stereocenters. The second-order valence-corrected chi connectivity index (χ2v) is 5.67. The number of anilines is 1. The predicted molar refractivity (Wildman–Crippen MR) is 82.5 cm³/mol. The van der Waals surface area contributed by atoms with Crippen LogP contribution in [0.15, 0.2) is 31.0 Å². The molecule has 6 nitrogen and oxygen atoms in total. The zero-order valence-electron chi connectivity index (χ0n) is 12.4. The predicted octanol–water partition coefficient (Wildman–Crippen LogP) is 1.99. The molecule has 0 bridgehead atoms. The molecule has 0 aliphatic carbocycles. The van der Waals surface area contributed by atoms with Gasteiger partial charge in [0.1, 0.15) is 12.7 Å². The van der Waals surface area contributed by atoms with E-state index in [9.17, 15) is 0 Å². The Kier molecular flexibility index (Phi) is 4.45. The Balaban J connectivity index is 1.54. The van der Waals surface area contributed by atoms with Crippen molar-refractivity contribution in [2.24, 2.45) is 0 Å². The normalized spacial score (nSPS) is 20.1. The smallest absolute Gasteiger partial charge is 0.155 e. The molecule has 1 saturated heterocycles. The molecule has 2 N–H and O–H groups in total. The lowest BCUT2D eigenvalue weighted by Crippen LogP contribution is -2.37. The standard InChI is InChI=1S/C15H22N6/c1-12(8-13-4-2-3-7-17-13)20-14-5-6-15(18-9-14)21-11-16-10-19-21/h5-6,9-13,17,20H,2-4,7-8H2,1H3. The van der Waals surface area contributed by atoms with E-state index in [-0.39, 0.29) is 0 Å². The first-order valence-electron chi connectivity index (χ1n) is 7.62. The molecule has 6 heteroatoms. The van der Waals surface area contributed by atoms with Crippen molar-refractivity contribution in [2.45, 2.75) is 44.7 Å². The Bertz CT molecular complexity index is 530. The van der Waals surface area contributed by atoms with E-state index in [0.29, 0.717) is 12.1 Å². The lowest BCUT2D eigenvalue weighted by molar-refractivity contribution is 0.371. The van der Waals surface area contributed by atoms with Crippen LogP contribution in [0.4, 0.5) is 5.69 Å². The maximum atomic E-state index is 4.40. The lowest BCUT2D eigenvalue weighted by atomic mass is 9.99. The quantitative estimate of drug-likeness (QED) is 0.880. The second-order valence-electron chi connectivity index (χ2n) is 5.67. The van der Waals surface area contributed by atoms with Crippen LogP contribution in [0.25, 0.3) is 5.82 Å². The van der Waals surface area contributed by atoms with Crippen LogP contribution in [0.2, 0.25) is 0 Å². The summed E-state index contributed by atoms with van der Waals surface area (Å²) in [5.74, 6) is 0.777. The molecule has 3 rings (SSSR count). The van der Waals surface area contributed by atoms with Gasteiger partial charge >= 0.3 is 0 Å². The first-order valence-corrected chi connectivity index (χ1v) is 7.62. The number of rotatable bonds is 5. The summed E-state index contributed by atoms with van der Waals surface area (Å²) < 4.78 is 1.65. The van der Waals surface area contributed by atoms with Crippen LogP contribution < -0.4 is 10.6 Å². The largest absolute Gasteiger partial charge is 0.381 e. The highest BCUT2D eigenvalue weighted by Crippen LogP contribution is 2.15. The minimum absolute atomic E-state index is 0.430. The Morgan fingerprint density at radius 1 is 1.43 bits per heavy atom. The number of pyridine rings is 1. The average molecular weight is 286 g/mol. The number of aromatic nitrogens is 4. The summed E-state index contributed by atoms with van der Waals surface area (Å²) in [6.45, 7) is 3.38. The number of piperidine rings is 1. The van der Waals surface area contributed by atoms with Crippen molar-refractivity contribution in [2.75, 3.05) is 11.9 Å². The minimum atomic E-state index is 0.430. The second kappa shape index (κ2) is 6.67. The van der Waals surface area contributed by atoms with Crippen molar-refractivity contribution in [1.29, 1.82) is 0 Å². The molecule has 21 heavy (non-hydrogen) atoms. The van der Waals surface area contributed by atoms with Crippen LogP contribution in [-0.2, 0) is 0 Å². The molecular formula is C15H22N6. The highest BCUT2D eigenvalue weighted by molar-refractivity contribution is 5.44. The van der Waals surface area contributed by atoms with Gasteiger partial charge < -0.3 is 10.6 Å². The summed E-state index contributed by atoms with van der Waals surface area (Å²) in [6, 6.07) is 5.06. The van der Waals surface area contributed by atoms with Crippen LogP contribution in [0.5, 0.6) is 0 Å². The molecule has 1 aliphatic rings. The van der Waals surface area contributed by atoms with E-state index in [1.54, 1.807) is 11.0 Å². The van der Waals surface area contributed by atoms with Crippen molar-refractivity contribution in [3.8, 4) is 5.82 Å². The number of hydrogen-bond donors (Lipinski definition) is 2. The summed E-state index contributed by atoms with van der Waals surface area (Å²) in [5, 5.41) is 11.2. The maximum Gasteiger partial charge on any atom is 0.155 e. The number of nitrogens with zero attached hydrogens (tertiary/aromatic N) is 4. The van der Waals surface area contributed by atoms with Crippen molar-refractivity contribution < 1.29 is 0 Å². The topological polar surface area (TPSA) is 67.7 Å². The van der Waals surface area contributed by atoms with E-state index in [1.165, 1.54) is 25.6 Å². The van der Waals surface area contributed by atoms with Gasteiger partial charge in [0, 0.05) is 12.1 Å². The van der Waals surface area contributed by atoms with Crippen molar-refractivity contribution in [3.63, 3.8) is 0 Å². The average Bonchev–Trinajstić information content (AvgIpc) is 3.03. The van der Waals surface area contributed by atoms with Gasteiger partial charge in [-0.2, -0.15) is 5.10 Å². The molecule has 1 aliphatic heterocycles. The summed E-state index contributed by atoms with van der Waals surface area (Å²) in [4.78, 5) is 8.33. The first kappa shape index (κ1) is 14.0. The van der Waals surface area contributed by atoms with Crippen molar-refractivity contribution in [3.05, 3.63) is 31.0 Å². The SMILES string of the molecule is CC(CC1CCCCN1)Nc1ccc(-n2cncn2)nc1. The van der Waals surface area contributed by atoms with Crippen LogP contribution in [-0.4, -0.2) is 38.4 Å². The summed E-state index contributed by atoms with van der Waals surface area (Å²) >= 11 is 0. The number of nitrogens with one attached hydrogen (secondary N) is 2. The van der Waals surface area contributed by atoms with Gasteiger partial charge in [0.2, 0.25) is 0 Å². The third-order valence-corrected chi connectivity index (χ3v) is 3.86. The summed E-state index contributed by atoms with van der Waals surface area (Å²) in [5.41, 5.74) is 1.04. The molecule has 2 aromatic heterocycles. The van der Waals surface area contributed by atoms with E-state index in [1.807, 2.05) is 18.3 Å². The van der Waals surface area contributed by atoms with Crippen LogP contribution in [0.3, 0.4) is 0 Å². The Hall–Kier alpha value is -1.95. The molecule has 0 amide bonds. The molecule has 2 aromatic rings. The molecule has 112 valence electrons. The Morgan fingerprint density at radius 2 is 2.38 bits per heavy atom. The lowest BCUT2D eigenvalue weighted by Gasteiger charge is -2.27. The van der Waals surface area contributed by atoms with Crippen LogP contribution >= 0.6 is 0 Å². The van der Waals surface area contributed by atoms with Crippen LogP contribution in [0, 0.1) is 0 Å². The monoisotopic (exact) mass is 286 g/mol. The molecule has 0 saturated carbocycles. The molecule has 0 spiro atoms. The van der Waals surface area contributed by atoms with Gasteiger partial charge in [0.25, 0.3) is 0 Å². The Morgan fingerprint density at radius 3 is 3.05 bits per heavy atom.